The van der Waals surface area contributed by atoms with Gasteiger partial charge in [0, 0.05) is 5.39 Å². The maximum absolute atomic E-state index is 12.4. The number of ether oxygens (including phenoxy) is 2. The van der Waals surface area contributed by atoms with Gasteiger partial charge in [0.1, 0.15) is 18.5 Å². The number of esters is 1. The maximum atomic E-state index is 12.4. The lowest BCUT2D eigenvalue weighted by atomic mass is 10.2. The Morgan fingerprint density at radius 2 is 2.04 bits per heavy atom. The highest BCUT2D eigenvalue weighted by Gasteiger charge is 2.12. The topological polar surface area (TPSA) is 90.7 Å². The van der Waals surface area contributed by atoms with Crippen LogP contribution in [-0.2, 0) is 11.3 Å². The average molecular weight is 368 g/mol. The summed E-state index contributed by atoms with van der Waals surface area (Å²) in [6.07, 6.45) is 0.648. The molecule has 7 heteroatoms. The van der Waals surface area contributed by atoms with Crippen molar-refractivity contribution in [1.29, 1.82) is 0 Å². The Labute approximate surface area is 155 Å². The second kappa shape index (κ2) is 8.46. The van der Waals surface area contributed by atoms with E-state index in [1.165, 1.54) is 4.68 Å². The molecule has 27 heavy (non-hydrogen) atoms. The van der Waals surface area contributed by atoms with Crippen molar-refractivity contribution in [3.63, 3.8) is 0 Å². The third kappa shape index (κ3) is 4.51. The van der Waals surface area contributed by atoms with E-state index < -0.39 is 12.1 Å². The minimum absolute atomic E-state index is 0.00122. The molecule has 0 aliphatic heterocycles. The highest BCUT2D eigenvalue weighted by Crippen LogP contribution is 2.15. The highest BCUT2D eigenvalue weighted by atomic mass is 16.5. The van der Waals surface area contributed by atoms with Gasteiger partial charge in [-0.05, 0) is 31.2 Å². The van der Waals surface area contributed by atoms with E-state index in [2.05, 4.69) is 5.10 Å². The van der Waals surface area contributed by atoms with Crippen LogP contribution >= 0.6 is 0 Å². The number of aromatic nitrogens is 2. The van der Waals surface area contributed by atoms with Crippen LogP contribution in [0.4, 0.5) is 0 Å². The highest BCUT2D eigenvalue weighted by molar-refractivity contribution is 5.89. The Bertz CT molecular complexity index is 999. The van der Waals surface area contributed by atoms with E-state index in [-0.39, 0.29) is 25.3 Å². The second-order valence-corrected chi connectivity index (χ2v) is 5.93. The third-order valence-electron chi connectivity index (χ3n) is 3.93. The zero-order valence-electron chi connectivity index (χ0n) is 14.9. The van der Waals surface area contributed by atoms with Crippen molar-refractivity contribution in [3.8, 4) is 5.75 Å². The SMILES string of the molecule is CCOC(=O)c1cccc(OC[C@@H](O)Cn2ncc3ccccc3c2=O)c1. The molecule has 7 nitrogen and oxygen atoms in total. The third-order valence-corrected chi connectivity index (χ3v) is 3.93. The van der Waals surface area contributed by atoms with Crippen LogP contribution in [0.5, 0.6) is 5.75 Å². The summed E-state index contributed by atoms with van der Waals surface area (Å²) in [7, 11) is 0. The van der Waals surface area contributed by atoms with Gasteiger partial charge < -0.3 is 14.6 Å². The number of carbonyl (C=O) groups excluding carboxylic acids is 1. The molecule has 140 valence electrons. The van der Waals surface area contributed by atoms with Crippen molar-refractivity contribution in [2.75, 3.05) is 13.2 Å². The van der Waals surface area contributed by atoms with Gasteiger partial charge in [0.25, 0.3) is 5.56 Å². The first-order valence-electron chi connectivity index (χ1n) is 8.61. The van der Waals surface area contributed by atoms with Gasteiger partial charge in [-0.25, -0.2) is 9.48 Å². The number of rotatable bonds is 7. The summed E-state index contributed by atoms with van der Waals surface area (Å²) in [5, 5.41) is 15.6. The Morgan fingerprint density at radius 1 is 1.22 bits per heavy atom. The molecule has 1 atom stereocenters. The smallest absolute Gasteiger partial charge is 0.338 e. The number of benzene rings is 2. The molecule has 1 aromatic heterocycles. The molecule has 3 rings (SSSR count). The molecule has 0 saturated carbocycles. The fourth-order valence-electron chi connectivity index (χ4n) is 2.63. The van der Waals surface area contributed by atoms with Crippen molar-refractivity contribution in [3.05, 3.63) is 70.6 Å². The standard InChI is InChI=1S/C20H20N2O5/c1-2-26-20(25)14-7-5-8-17(10-14)27-13-16(23)12-22-19(24)18-9-4-3-6-15(18)11-21-22/h3-11,16,23H,2,12-13H2,1H3/t16-/m0/s1. The van der Waals surface area contributed by atoms with Crippen LogP contribution in [0.1, 0.15) is 17.3 Å². The molecule has 0 aliphatic rings. The lowest BCUT2D eigenvalue weighted by Crippen LogP contribution is -2.31. The number of hydrogen-bond donors (Lipinski definition) is 1. The Balaban J connectivity index is 1.64. The monoisotopic (exact) mass is 368 g/mol. The minimum atomic E-state index is -0.942. The Hall–Kier alpha value is -3.19. The van der Waals surface area contributed by atoms with E-state index in [1.807, 2.05) is 12.1 Å². The normalized spacial score (nSPS) is 11.9. The van der Waals surface area contributed by atoms with Gasteiger partial charge in [-0.15, -0.1) is 0 Å². The summed E-state index contributed by atoms with van der Waals surface area (Å²) in [5.41, 5.74) is 0.104. The summed E-state index contributed by atoms with van der Waals surface area (Å²) < 4.78 is 11.7. The Kier molecular flexibility index (Phi) is 5.83. The number of aliphatic hydroxyl groups excluding tert-OH is 1. The zero-order chi connectivity index (χ0) is 19.2. The molecule has 0 amide bonds. The molecule has 1 heterocycles. The second-order valence-electron chi connectivity index (χ2n) is 5.93. The van der Waals surface area contributed by atoms with E-state index in [9.17, 15) is 14.7 Å². The first kappa shape index (κ1) is 18.6. The number of carbonyl (C=O) groups is 1. The number of hydrogen-bond acceptors (Lipinski definition) is 6. The Morgan fingerprint density at radius 3 is 2.85 bits per heavy atom. The van der Waals surface area contributed by atoms with Gasteiger partial charge in [-0.3, -0.25) is 4.79 Å². The minimum Gasteiger partial charge on any atom is -0.491 e. The van der Waals surface area contributed by atoms with Crippen molar-refractivity contribution >= 4 is 16.7 Å². The summed E-state index contributed by atoms with van der Waals surface area (Å²) >= 11 is 0. The van der Waals surface area contributed by atoms with Crippen LogP contribution in [0.2, 0.25) is 0 Å². The van der Waals surface area contributed by atoms with Gasteiger partial charge in [-0.2, -0.15) is 5.10 Å². The van der Waals surface area contributed by atoms with Gasteiger partial charge in [0.2, 0.25) is 0 Å². The summed E-state index contributed by atoms with van der Waals surface area (Å²) in [6.45, 7) is 1.97. The fourth-order valence-corrected chi connectivity index (χ4v) is 2.63. The molecule has 1 N–H and O–H groups in total. The summed E-state index contributed by atoms with van der Waals surface area (Å²) in [6, 6.07) is 13.7. The molecule has 2 aromatic carbocycles. The molecular weight excluding hydrogens is 348 g/mol. The van der Waals surface area contributed by atoms with Gasteiger partial charge in [0.05, 0.1) is 30.3 Å². The van der Waals surface area contributed by atoms with E-state index in [0.717, 1.165) is 5.39 Å². The van der Waals surface area contributed by atoms with E-state index in [1.54, 1.807) is 49.5 Å². The molecule has 0 aliphatic carbocycles. The van der Waals surface area contributed by atoms with Gasteiger partial charge >= 0.3 is 5.97 Å². The molecule has 3 aromatic rings. The number of fused-ring (bicyclic) bond motifs is 1. The number of aliphatic hydroxyl groups is 1. The van der Waals surface area contributed by atoms with Crippen LogP contribution in [-0.4, -0.2) is 40.2 Å². The number of nitrogens with zero attached hydrogens (tertiary/aromatic N) is 2. The molecular formula is C20H20N2O5. The van der Waals surface area contributed by atoms with Crippen LogP contribution < -0.4 is 10.3 Å². The van der Waals surface area contributed by atoms with Crippen LogP contribution in [0, 0.1) is 0 Å². The largest absolute Gasteiger partial charge is 0.491 e. The molecule has 0 fully saturated rings. The summed E-state index contributed by atoms with van der Waals surface area (Å²) in [4.78, 5) is 24.2. The average Bonchev–Trinajstić information content (AvgIpc) is 2.69. The van der Waals surface area contributed by atoms with E-state index in [4.69, 9.17) is 9.47 Å². The maximum Gasteiger partial charge on any atom is 0.338 e. The van der Waals surface area contributed by atoms with Crippen molar-refractivity contribution in [2.45, 2.75) is 19.6 Å². The van der Waals surface area contributed by atoms with Crippen molar-refractivity contribution in [2.24, 2.45) is 0 Å². The van der Waals surface area contributed by atoms with Crippen molar-refractivity contribution in [1.82, 2.24) is 9.78 Å². The van der Waals surface area contributed by atoms with Crippen LogP contribution in [0.3, 0.4) is 0 Å². The molecule has 0 bridgehead atoms. The lowest BCUT2D eigenvalue weighted by Gasteiger charge is -2.14. The fraction of sp³-hybridized carbons (Fsp3) is 0.250. The van der Waals surface area contributed by atoms with E-state index >= 15 is 0 Å². The quantitative estimate of drug-likeness (QED) is 0.642. The van der Waals surface area contributed by atoms with Gasteiger partial charge in [0.15, 0.2) is 0 Å². The van der Waals surface area contributed by atoms with Crippen molar-refractivity contribution < 1.29 is 19.4 Å². The molecule has 0 spiro atoms. The van der Waals surface area contributed by atoms with Crippen LogP contribution in [0.25, 0.3) is 10.8 Å². The predicted octanol–water partition coefficient (Wildman–Crippen LogP) is 2.01. The molecule has 0 saturated heterocycles. The zero-order valence-corrected chi connectivity index (χ0v) is 14.9. The van der Waals surface area contributed by atoms with E-state index in [0.29, 0.717) is 16.7 Å². The summed E-state index contributed by atoms with van der Waals surface area (Å²) in [5.74, 6) is -0.00571. The first-order chi connectivity index (χ1) is 13.1. The predicted molar refractivity (Wildman–Crippen MR) is 99.9 cm³/mol. The molecule has 0 radical (unpaired) electrons. The lowest BCUT2D eigenvalue weighted by molar-refractivity contribution is 0.0525. The first-order valence-corrected chi connectivity index (χ1v) is 8.61. The van der Waals surface area contributed by atoms with Gasteiger partial charge in [-0.1, -0.05) is 24.3 Å². The van der Waals surface area contributed by atoms with Crippen LogP contribution in [0.15, 0.2) is 59.5 Å². The molecule has 0 unspecified atom stereocenters.